The molecule has 0 atom stereocenters. The van der Waals surface area contributed by atoms with E-state index in [1.807, 2.05) is 12.1 Å². The molecule has 0 saturated heterocycles. The second kappa shape index (κ2) is 6.58. The van der Waals surface area contributed by atoms with Crippen LogP contribution in [0.5, 0.6) is 11.5 Å². The molecule has 0 unspecified atom stereocenters. The molecule has 2 aromatic carbocycles. The van der Waals surface area contributed by atoms with Crippen molar-refractivity contribution in [3.8, 4) is 11.5 Å². The first kappa shape index (κ1) is 16.0. The SMILES string of the molecule is Cc1cc(Cc2cc(C)c(O)c(CN=O)c2)cc(CO)c1O. The smallest absolute Gasteiger partial charge is 0.124 e. The van der Waals surface area contributed by atoms with Gasteiger partial charge in [-0.15, -0.1) is 0 Å². The summed E-state index contributed by atoms with van der Waals surface area (Å²) in [6.45, 7) is 3.25. The van der Waals surface area contributed by atoms with Gasteiger partial charge in [-0.1, -0.05) is 17.3 Å². The number of rotatable bonds is 5. The molecule has 2 aromatic rings. The summed E-state index contributed by atoms with van der Waals surface area (Å²) >= 11 is 0. The van der Waals surface area contributed by atoms with Crippen molar-refractivity contribution in [1.82, 2.24) is 0 Å². The van der Waals surface area contributed by atoms with Gasteiger partial charge in [-0.25, -0.2) is 0 Å². The van der Waals surface area contributed by atoms with Crippen LogP contribution in [0.15, 0.2) is 29.4 Å². The third kappa shape index (κ3) is 3.26. The Bertz CT molecular complexity index is 710. The lowest BCUT2D eigenvalue weighted by molar-refractivity contribution is 0.275. The minimum absolute atomic E-state index is 0.0724. The summed E-state index contributed by atoms with van der Waals surface area (Å²) in [5.41, 5.74) is 4.25. The lowest BCUT2D eigenvalue weighted by Gasteiger charge is -2.12. The quantitative estimate of drug-likeness (QED) is 0.740. The fraction of sp³-hybridized carbons (Fsp3) is 0.294. The molecule has 5 heteroatoms. The molecular weight excluding hydrogens is 282 g/mol. The molecule has 22 heavy (non-hydrogen) atoms. The number of benzene rings is 2. The Labute approximate surface area is 128 Å². The fourth-order valence-corrected chi connectivity index (χ4v) is 2.62. The summed E-state index contributed by atoms with van der Waals surface area (Å²) in [5, 5.41) is 31.9. The van der Waals surface area contributed by atoms with Gasteiger partial charge in [0.25, 0.3) is 0 Å². The minimum Gasteiger partial charge on any atom is -0.507 e. The molecule has 5 nitrogen and oxygen atoms in total. The molecule has 0 aliphatic rings. The summed E-state index contributed by atoms with van der Waals surface area (Å²) in [4.78, 5) is 10.5. The number of aliphatic hydroxyl groups is 1. The lowest BCUT2D eigenvalue weighted by atomic mass is 9.96. The number of nitroso groups, excluding NO2 is 1. The van der Waals surface area contributed by atoms with Gasteiger partial charge < -0.3 is 15.3 Å². The van der Waals surface area contributed by atoms with E-state index in [9.17, 15) is 20.2 Å². The molecule has 0 bridgehead atoms. The molecule has 0 spiro atoms. The molecule has 0 fully saturated rings. The van der Waals surface area contributed by atoms with E-state index in [4.69, 9.17) is 0 Å². The van der Waals surface area contributed by atoms with E-state index in [1.54, 1.807) is 26.0 Å². The molecule has 0 amide bonds. The van der Waals surface area contributed by atoms with Crippen LogP contribution in [-0.2, 0) is 19.6 Å². The van der Waals surface area contributed by atoms with Crippen molar-refractivity contribution in [2.45, 2.75) is 33.4 Å². The molecule has 0 heterocycles. The topological polar surface area (TPSA) is 90.1 Å². The average molecular weight is 301 g/mol. The molecule has 116 valence electrons. The number of phenolic OH excluding ortho intramolecular Hbond substituents is 1. The van der Waals surface area contributed by atoms with Gasteiger partial charge >= 0.3 is 0 Å². The Morgan fingerprint density at radius 1 is 0.909 bits per heavy atom. The van der Waals surface area contributed by atoms with E-state index in [0.29, 0.717) is 28.7 Å². The van der Waals surface area contributed by atoms with Crippen LogP contribution in [-0.4, -0.2) is 15.3 Å². The predicted molar refractivity (Wildman–Crippen MR) is 83.9 cm³/mol. The first-order valence-corrected chi connectivity index (χ1v) is 6.99. The molecule has 0 aliphatic carbocycles. The van der Waals surface area contributed by atoms with Crippen molar-refractivity contribution in [2.75, 3.05) is 0 Å². The van der Waals surface area contributed by atoms with Crippen molar-refractivity contribution < 1.29 is 15.3 Å². The van der Waals surface area contributed by atoms with Gasteiger partial charge in [-0.2, -0.15) is 4.91 Å². The van der Waals surface area contributed by atoms with E-state index in [-0.39, 0.29) is 24.7 Å². The zero-order valence-corrected chi connectivity index (χ0v) is 12.6. The Balaban J connectivity index is 2.39. The van der Waals surface area contributed by atoms with Gasteiger partial charge in [0.1, 0.15) is 18.0 Å². The summed E-state index contributed by atoms with van der Waals surface area (Å²) in [6.07, 6.45) is 0.571. The molecule has 3 N–H and O–H groups in total. The average Bonchev–Trinajstić information content (AvgIpc) is 2.48. The highest BCUT2D eigenvalue weighted by Crippen LogP contribution is 2.28. The maximum absolute atomic E-state index is 10.5. The number of nitrogens with zero attached hydrogens (tertiary/aromatic N) is 1. The molecule has 2 rings (SSSR count). The second-order valence-corrected chi connectivity index (χ2v) is 5.46. The molecule has 0 saturated carbocycles. The normalized spacial score (nSPS) is 10.7. The first-order chi connectivity index (χ1) is 10.5. The van der Waals surface area contributed by atoms with Crippen molar-refractivity contribution in [3.05, 3.63) is 62.6 Å². The maximum Gasteiger partial charge on any atom is 0.124 e. The van der Waals surface area contributed by atoms with E-state index in [0.717, 1.165) is 11.1 Å². The third-order valence-corrected chi connectivity index (χ3v) is 3.69. The number of aromatic hydroxyl groups is 2. The van der Waals surface area contributed by atoms with Gasteiger partial charge in [0.2, 0.25) is 0 Å². The number of hydrogen-bond acceptors (Lipinski definition) is 5. The number of hydrogen-bond donors (Lipinski definition) is 3. The van der Waals surface area contributed by atoms with Gasteiger partial charge in [0.05, 0.1) is 6.61 Å². The van der Waals surface area contributed by atoms with E-state index in [1.165, 1.54) is 0 Å². The van der Waals surface area contributed by atoms with E-state index < -0.39 is 0 Å². The Hall–Kier alpha value is -2.40. The standard InChI is InChI=1S/C17H19NO4/c1-10-3-12(6-14(8-18-22)16(10)20)5-13-4-11(2)17(21)15(7-13)9-19/h3-4,6-7,19-21H,5,8-9H2,1-2H3. The third-order valence-electron chi connectivity index (χ3n) is 3.69. The Morgan fingerprint density at radius 2 is 1.41 bits per heavy atom. The van der Waals surface area contributed by atoms with Crippen molar-refractivity contribution in [2.24, 2.45) is 5.18 Å². The molecule has 0 aromatic heterocycles. The van der Waals surface area contributed by atoms with E-state index in [2.05, 4.69) is 5.18 Å². The van der Waals surface area contributed by atoms with Crippen molar-refractivity contribution in [1.29, 1.82) is 0 Å². The summed E-state index contributed by atoms with van der Waals surface area (Å²) < 4.78 is 0. The van der Waals surface area contributed by atoms with Gasteiger partial charge in [-0.3, -0.25) is 0 Å². The second-order valence-electron chi connectivity index (χ2n) is 5.46. The van der Waals surface area contributed by atoms with Crippen LogP contribution in [0.3, 0.4) is 0 Å². The van der Waals surface area contributed by atoms with Crippen LogP contribution >= 0.6 is 0 Å². The fourth-order valence-electron chi connectivity index (χ4n) is 2.62. The zero-order chi connectivity index (χ0) is 16.3. The van der Waals surface area contributed by atoms with Crippen molar-refractivity contribution >= 4 is 0 Å². The minimum atomic E-state index is -0.227. The summed E-state index contributed by atoms with van der Waals surface area (Å²) in [6, 6.07) is 7.21. The monoisotopic (exact) mass is 301 g/mol. The molecular formula is C17H19NO4. The van der Waals surface area contributed by atoms with E-state index >= 15 is 0 Å². The van der Waals surface area contributed by atoms with Crippen LogP contribution < -0.4 is 0 Å². The molecule has 0 radical (unpaired) electrons. The van der Waals surface area contributed by atoms with Crippen molar-refractivity contribution in [3.63, 3.8) is 0 Å². The summed E-state index contributed by atoms with van der Waals surface area (Å²) in [7, 11) is 0. The number of aryl methyl sites for hydroxylation is 2. The highest BCUT2D eigenvalue weighted by Gasteiger charge is 2.10. The Morgan fingerprint density at radius 3 is 1.91 bits per heavy atom. The largest absolute Gasteiger partial charge is 0.507 e. The van der Waals surface area contributed by atoms with Crippen LogP contribution in [0.1, 0.15) is 33.4 Å². The van der Waals surface area contributed by atoms with Crippen LogP contribution in [0, 0.1) is 18.8 Å². The van der Waals surface area contributed by atoms with Crippen LogP contribution in [0.25, 0.3) is 0 Å². The number of aliphatic hydroxyl groups excluding tert-OH is 1. The maximum atomic E-state index is 10.5. The lowest BCUT2D eigenvalue weighted by Crippen LogP contribution is -1.96. The van der Waals surface area contributed by atoms with Crippen LogP contribution in [0.2, 0.25) is 0 Å². The zero-order valence-electron chi connectivity index (χ0n) is 12.6. The highest BCUT2D eigenvalue weighted by atomic mass is 16.3. The molecule has 0 aliphatic heterocycles. The number of phenols is 2. The Kier molecular flexibility index (Phi) is 4.78. The van der Waals surface area contributed by atoms with Gasteiger partial charge in [-0.05, 0) is 54.7 Å². The first-order valence-electron chi connectivity index (χ1n) is 6.99. The van der Waals surface area contributed by atoms with Crippen LogP contribution in [0.4, 0.5) is 0 Å². The van der Waals surface area contributed by atoms with Gasteiger partial charge in [0, 0.05) is 11.1 Å². The van der Waals surface area contributed by atoms with Gasteiger partial charge in [0.15, 0.2) is 0 Å². The predicted octanol–water partition coefficient (Wildman–Crippen LogP) is 3.06. The highest BCUT2D eigenvalue weighted by molar-refractivity contribution is 5.47. The summed E-state index contributed by atoms with van der Waals surface area (Å²) in [5.74, 6) is 0.209.